The minimum Gasteiger partial charge on any atom is -0.303 e. The van der Waals surface area contributed by atoms with Gasteiger partial charge in [0.15, 0.2) is 0 Å². The maximum absolute atomic E-state index is 8.88. The first-order valence-electron chi connectivity index (χ1n) is 0.783. The van der Waals surface area contributed by atoms with Crippen LogP contribution < -0.4 is 0 Å². The van der Waals surface area contributed by atoms with Crippen molar-refractivity contribution in [3.63, 3.8) is 0 Å². The van der Waals surface area contributed by atoms with Crippen molar-refractivity contribution in [1.29, 1.82) is 0 Å². The van der Waals surface area contributed by atoms with Gasteiger partial charge in [-0.25, -0.2) is 4.57 Å². The van der Waals surface area contributed by atoms with Crippen molar-refractivity contribution in [2.24, 2.45) is 0 Å². The van der Waals surface area contributed by atoms with E-state index in [-0.39, 0.29) is 37.6 Å². The van der Waals surface area contributed by atoms with Crippen LogP contribution in [0.5, 0.6) is 0 Å². The Morgan fingerprint density at radius 3 is 1.14 bits per heavy atom. The quantitative estimate of drug-likeness (QED) is 0.393. The maximum atomic E-state index is 8.88. The van der Waals surface area contributed by atoms with Crippen LogP contribution in [0.1, 0.15) is 0 Å². The van der Waals surface area contributed by atoms with Gasteiger partial charge in [0.25, 0.3) is 0 Å². The third kappa shape index (κ3) is 122. The zero-order valence-electron chi connectivity index (χ0n) is 2.92. The predicted molar refractivity (Wildman–Crippen MR) is 14.3 cm³/mol. The molecule has 0 aliphatic carbocycles. The molecule has 0 radical (unpaired) electrons. The number of hydrogen-bond acceptors (Lipinski definition) is 1. The topological polar surface area (TPSA) is 77.8 Å². The molecule has 0 aliphatic heterocycles. The summed E-state index contributed by atoms with van der Waals surface area (Å²) in [6.07, 6.45) is 0. The van der Waals surface area contributed by atoms with Crippen LogP contribution >= 0.6 is 7.82 Å². The standard InChI is InChI=1S/Ni.H3O4P.W/c;1-5(2,3)4;/h;(H3,1,2,3,4);. The molecule has 0 heterocycles. The molecule has 0 aliphatic rings. The van der Waals surface area contributed by atoms with E-state index in [1.54, 1.807) is 0 Å². The first-order valence-corrected chi connectivity index (χ1v) is 2.35. The van der Waals surface area contributed by atoms with Crippen molar-refractivity contribution in [2.75, 3.05) is 0 Å². The molecule has 0 fully saturated rings. The Morgan fingerprint density at radius 2 is 1.14 bits per heavy atom. The van der Waals surface area contributed by atoms with E-state index in [0.717, 1.165) is 0 Å². The second kappa shape index (κ2) is 5.43. The van der Waals surface area contributed by atoms with Crippen molar-refractivity contribution in [3.8, 4) is 0 Å². The molecule has 0 bridgehead atoms. The molecule has 0 aromatic rings. The molecule has 4 nitrogen and oxygen atoms in total. The average Bonchev–Trinajstić information content (AvgIpc) is 0.722. The normalized spacial score (nSPS) is 8.43. The van der Waals surface area contributed by atoms with Crippen molar-refractivity contribution in [2.45, 2.75) is 0 Å². The summed E-state index contributed by atoms with van der Waals surface area (Å²) in [6.45, 7) is 0. The van der Waals surface area contributed by atoms with Crippen LogP contribution in [0.25, 0.3) is 0 Å². The molecule has 0 rings (SSSR count). The Labute approximate surface area is 64.7 Å². The molecule has 0 saturated carbocycles. The average molecular weight is 341 g/mol. The van der Waals surface area contributed by atoms with Crippen molar-refractivity contribution in [1.82, 2.24) is 0 Å². The first kappa shape index (κ1) is 15.7. The van der Waals surface area contributed by atoms with E-state index in [0.29, 0.717) is 0 Å². The summed E-state index contributed by atoms with van der Waals surface area (Å²) in [5.74, 6) is 0. The van der Waals surface area contributed by atoms with Crippen LogP contribution in [0.15, 0.2) is 0 Å². The fraction of sp³-hybridized carbons (Fsp3) is 0. The molecule has 3 N–H and O–H groups in total. The summed E-state index contributed by atoms with van der Waals surface area (Å²) < 4.78 is 8.88. The van der Waals surface area contributed by atoms with E-state index >= 15 is 0 Å². The third-order valence-electron chi connectivity index (χ3n) is 0. The molecule has 7 heteroatoms. The van der Waals surface area contributed by atoms with Gasteiger partial charge in [0.1, 0.15) is 0 Å². The van der Waals surface area contributed by atoms with Gasteiger partial charge in [0.05, 0.1) is 0 Å². The van der Waals surface area contributed by atoms with Crippen LogP contribution in [0.2, 0.25) is 0 Å². The first-order chi connectivity index (χ1) is 2.00. The molecule has 0 saturated heterocycles. The zero-order chi connectivity index (χ0) is 4.50. The molecular formula is H3NiO4PW. The molecule has 0 amide bonds. The van der Waals surface area contributed by atoms with Gasteiger partial charge in [-0.2, -0.15) is 0 Å². The molecule has 0 atom stereocenters. The van der Waals surface area contributed by atoms with Gasteiger partial charge in [-0.05, 0) is 0 Å². The Kier molecular flexibility index (Phi) is 12.2. The second-order valence-corrected chi connectivity index (χ2v) is 1.54. The third-order valence-corrected chi connectivity index (χ3v) is 0. The van der Waals surface area contributed by atoms with Gasteiger partial charge >= 0.3 is 7.82 Å². The van der Waals surface area contributed by atoms with Crippen LogP contribution in [-0.2, 0) is 42.1 Å². The monoisotopic (exact) mass is 340 g/mol. The van der Waals surface area contributed by atoms with E-state index in [1.165, 1.54) is 0 Å². The van der Waals surface area contributed by atoms with E-state index in [4.69, 9.17) is 19.2 Å². The summed E-state index contributed by atoms with van der Waals surface area (Å²) in [6, 6.07) is 0. The summed E-state index contributed by atoms with van der Waals surface area (Å²) in [5.41, 5.74) is 0. The second-order valence-electron chi connectivity index (χ2n) is 0.513. The molecule has 0 spiro atoms. The van der Waals surface area contributed by atoms with Gasteiger partial charge < -0.3 is 14.7 Å². The van der Waals surface area contributed by atoms with Gasteiger partial charge in [-0.3, -0.25) is 0 Å². The fourth-order valence-electron chi connectivity index (χ4n) is 0. The van der Waals surface area contributed by atoms with Crippen LogP contribution in [0.3, 0.4) is 0 Å². The van der Waals surface area contributed by atoms with Gasteiger partial charge in [-0.1, -0.05) is 0 Å². The molecule has 48 valence electrons. The minimum atomic E-state index is -4.64. The van der Waals surface area contributed by atoms with Crippen molar-refractivity contribution >= 4 is 7.82 Å². The number of rotatable bonds is 0. The zero-order valence-corrected chi connectivity index (χ0v) is 7.74. The summed E-state index contributed by atoms with van der Waals surface area (Å²) in [4.78, 5) is 21.6. The van der Waals surface area contributed by atoms with E-state index in [2.05, 4.69) is 0 Å². The van der Waals surface area contributed by atoms with Crippen molar-refractivity contribution in [3.05, 3.63) is 0 Å². The maximum Gasteiger partial charge on any atom is 0.466 e. The van der Waals surface area contributed by atoms with Crippen LogP contribution in [-0.4, -0.2) is 14.7 Å². The number of phosphoric acid groups is 1. The summed E-state index contributed by atoms with van der Waals surface area (Å²) >= 11 is 0. The van der Waals surface area contributed by atoms with Crippen molar-refractivity contribution < 1.29 is 56.8 Å². The predicted octanol–water partition coefficient (Wildman–Crippen LogP) is -0.934. The SMILES string of the molecule is O=P(O)(O)O.[Ni].[W]. The Balaban J connectivity index is -0.0000000800. The van der Waals surface area contributed by atoms with Crippen LogP contribution in [0, 0.1) is 0 Å². The molecular weight excluding hydrogens is 338 g/mol. The smallest absolute Gasteiger partial charge is 0.303 e. The van der Waals surface area contributed by atoms with Gasteiger partial charge in [-0.15, -0.1) is 0 Å². The van der Waals surface area contributed by atoms with E-state index in [9.17, 15) is 0 Å². The summed E-state index contributed by atoms with van der Waals surface area (Å²) in [7, 11) is -4.64. The van der Waals surface area contributed by atoms with Gasteiger partial charge in [0.2, 0.25) is 0 Å². The van der Waals surface area contributed by atoms with E-state index in [1.807, 2.05) is 0 Å². The summed E-state index contributed by atoms with van der Waals surface area (Å²) in [5, 5.41) is 0. The largest absolute Gasteiger partial charge is 0.466 e. The minimum absolute atomic E-state index is 0. The van der Waals surface area contributed by atoms with E-state index < -0.39 is 7.82 Å². The number of hydrogen-bond donors (Lipinski definition) is 3. The Bertz CT molecular complexity index is 57.8. The van der Waals surface area contributed by atoms with Crippen LogP contribution in [0.4, 0.5) is 0 Å². The Morgan fingerprint density at radius 1 is 1.14 bits per heavy atom. The molecule has 0 aromatic carbocycles. The molecule has 0 unspecified atom stereocenters. The van der Waals surface area contributed by atoms with Gasteiger partial charge in [0, 0.05) is 37.6 Å². The Hall–Kier alpha value is 1.29. The molecule has 7 heavy (non-hydrogen) atoms. The fourth-order valence-corrected chi connectivity index (χ4v) is 0. The molecule has 0 aromatic heterocycles.